The van der Waals surface area contributed by atoms with Crippen LogP contribution in [0.4, 0.5) is 5.13 Å². The Balaban J connectivity index is 1.71. The Hall–Kier alpha value is -0.940. The molecule has 5 heteroatoms. The lowest BCUT2D eigenvalue weighted by atomic mass is 10.0. The van der Waals surface area contributed by atoms with E-state index in [2.05, 4.69) is 15.6 Å². The van der Waals surface area contributed by atoms with E-state index in [1.165, 1.54) is 17.8 Å². The molecule has 0 aliphatic carbocycles. The summed E-state index contributed by atoms with van der Waals surface area (Å²) in [4.78, 5) is 15.8. The fourth-order valence-corrected chi connectivity index (χ4v) is 2.59. The van der Waals surface area contributed by atoms with E-state index in [0.29, 0.717) is 17.5 Å². The van der Waals surface area contributed by atoms with Crippen molar-refractivity contribution in [2.24, 2.45) is 5.92 Å². The molecule has 1 amide bonds. The molecule has 1 aliphatic rings. The largest absolute Gasteiger partial charge is 0.316 e. The second kappa shape index (κ2) is 5.41. The molecule has 0 bridgehead atoms. The smallest absolute Gasteiger partial charge is 0.226 e. The van der Waals surface area contributed by atoms with Crippen molar-refractivity contribution >= 4 is 22.4 Å². The second-order valence-electron chi connectivity index (χ2n) is 4.24. The molecule has 1 fully saturated rings. The Morgan fingerprint density at radius 2 is 2.62 bits per heavy atom. The van der Waals surface area contributed by atoms with E-state index < -0.39 is 0 Å². The number of carbonyl (C=O) groups is 1. The first-order valence-corrected chi connectivity index (χ1v) is 6.54. The van der Waals surface area contributed by atoms with E-state index in [-0.39, 0.29) is 5.91 Å². The Kier molecular flexibility index (Phi) is 3.90. The number of amides is 1. The van der Waals surface area contributed by atoms with Gasteiger partial charge in [-0.15, -0.1) is 11.3 Å². The molecule has 1 unspecified atom stereocenters. The molecule has 2 N–H and O–H groups in total. The fraction of sp³-hybridized carbons (Fsp3) is 0.636. The van der Waals surface area contributed by atoms with Crippen LogP contribution < -0.4 is 10.6 Å². The number of thiazole rings is 1. The number of hydrogen-bond acceptors (Lipinski definition) is 4. The highest BCUT2D eigenvalue weighted by atomic mass is 32.1. The van der Waals surface area contributed by atoms with Crippen molar-refractivity contribution in [2.75, 3.05) is 18.4 Å². The first-order valence-electron chi connectivity index (χ1n) is 5.67. The van der Waals surface area contributed by atoms with Crippen LogP contribution in [0.2, 0.25) is 0 Å². The molecular formula is C11H17N3OS. The summed E-state index contributed by atoms with van der Waals surface area (Å²) in [7, 11) is 0. The minimum Gasteiger partial charge on any atom is -0.316 e. The van der Waals surface area contributed by atoms with Crippen LogP contribution in [0.15, 0.2) is 5.38 Å². The first kappa shape index (κ1) is 11.5. The van der Waals surface area contributed by atoms with Gasteiger partial charge in [0.1, 0.15) is 0 Å². The van der Waals surface area contributed by atoms with Gasteiger partial charge in [0.15, 0.2) is 5.13 Å². The Labute approximate surface area is 99.5 Å². The molecule has 88 valence electrons. The quantitative estimate of drug-likeness (QED) is 0.842. The predicted molar refractivity (Wildman–Crippen MR) is 65.7 cm³/mol. The van der Waals surface area contributed by atoms with Crippen LogP contribution in [0, 0.1) is 12.8 Å². The topological polar surface area (TPSA) is 54.0 Å². The third-order valence-electron chi connectivity index (χ3n) is 2.81. The number of nitrogens with zero attached hydrogens (tertiary/aromatic N) is 1. The van der Waals surface area contributed by atoms with Gasteiger partial charge in [0.2, 0.25) is 5.91 Å². The van der Waals surface area contributed by atoms with Crippen molar-refractivity contribution < 1.29 is 4.79 Å². The van der Waals surface area contributed by atoms with E-state index >= 15 is 0 Å². The van der Waals surface area contributed by atoms with Crippen LogP contribution in [-0.2, 0) is 4.79 Å². The highest BCUT2D eigenvalue weighted by Gasteiger charge is 2.15. The molecule has 1 aromatic heterocycles. The van der Waals surface area contributed by atoms with Crippen LogP contribution in [0.1, 0.15) is 25.0 Å². The molecule has 1 atom stereocenters. The number of aryl methyl sites for hydroxylation is 1. The highest BCUT2D eigenvalue weighted by Crippen LogP contribution is 2.17. The highest BCUT2D eigenvalue weighted by molar-refractivity contribution is 7.13. The van der Waals surface area contributed by atoms with Gasteiger partial charge in [-0.05, 0) is 38.8 Å². The standard InChI is InChI=1S/C11H17N3OS/c1-8-7-16-11(13-8)14-10(15)3-2-9-4-5-12-6-9/h7,9,12H,2-6H2,1H3,(H,13,14,15). The van der Waals surface area contributed by atoms with Crippen molar-refractivity contribution in [1.29, 1.82) is 0 Å². The summed E-state index contributed by atoms with van der Waals surface area (Å²) in [6, 6.07) is 0. The predicted octanol–water partition coefficient (Wildman–Crippen LogP) is 1.78. The normalized spacial score (nSPS) is 19.9. The molecule has 0 saturated carbocycles. The summed E-state index contributed by atoms with van der Waals surface area (Å²) in [6.45, 7) is 4.08. The summed E-state index contributed by atoms with van der Waals surface area (Å²) in [5, 5.41) is 8.80. The third-order valence-corrected chi connectivity index (χ3v) is 3.68. The van der Waals surface area contributed by atoms with Crippen molar-refractivity contribution in [3.63, 3.8) is 0 Å². The average Bonchev–Trinajstić information content (AvgIpc) is 2.87. The van der Waals surface area contributed by atoms with Gasteiger partial charge in [0.25, 0.3) is 0 Å². The van der Waals surface area contributed by atoms with Crippen LogP contribution >= 0.6 is 11.3 Å². The Morgan fingerprint density at radius 3 is 3.25 bits per heavy atom. The zero-order chi connectivity index (χ0) is 11.4. The van der Waals surface area contributed by atoms with Crippen LogP contribution in [0.3, 0.4) is 0 Å². The maximum Gasteiger partial charge on any atom is 0.226 e. The Bertz CT molecular complexity index is 358. The van der Waals surface area contributed by atoms with Gasteiger partial charge in [0.05, 0.1) is 5.69 Å². The minimum absolute atomic E-state index is 0.0845. The molecule has 1 saturated heterocycles. The molecule has 2 rings (SSSR count). The fourth-order valence-electron chi connectivity index (χ4n) is 1.89. The van der Waals surface area contributed by atoms with Gasteiger partial charge >= 0.3 is 0 Å². The number of rotatable bonds is 4. The molecule has 16 heavy (non-hydrogen) atoms. The third kappa shape index (κ3) is 3.28. The molecule has 0 spiro atoms. The number of anilines is 1. The molecule has 0 aromatic carbocycles. The summed E-state index contributed by atoms with van der Waals surface area (Å²) >= 11 is 1.48. The van der Waals surface area contributed by atoms with Gasteiger partial charge in [0, 0.05) is 11.8 Å². The van der Waals surface area contributed by atoms with E-state index in [4.69, 9.17) is 0 Å². The molecule has 4 nitrogen and oxygen atoms in total. The first-order chi connectivity index (χ1) is 7.74. The van der Waals surface area contributed by atoms with Gasteiger partial charge < -0.3 is 10.6 Å². The van der Waals surface area contributed by atoms with E-state index in [0.717, 1.165) is 25.2 Å². The Morgan fingerprint density at radius 1 is 1.75 bits per heavy atom. The average molecular weight is 239 g/mol. The van der Waals surface area contributed by atoms with Gasteiger partial charge in [-0.1, -0.05) is 0 Å². The van der Waals surface area contributed by atoms with E-state index in [1.54, 1.807) is 0 Å². The maximum absolute atomic E-state index is 11.6. The summed E-state index contributed by atoms with van der Waals surface area (Å²) < 4.78 is 0. The van der Waals surface area contributed by atoms with Crippen molar-refractivity contribution in [2.45, 2.75) is 26.2 Å². The zero-order valence-electron chi connectivity index (χ0n) is 9.45. The van der Waals surface area contributed by atoms with Gasteiger partial charge in [-0.3, -0.25) is 4.79 Å². The van der Waals surface area contributed by atoms with Crippen molar-refractivity contribution in [1.82, 2.24) is 10.3 Å². The van der Waals surface area contributed by atoms with E-state index in [9.17, 15) is 4.79 Å². The SMILES string of the molecule is Cc1csc(NC(=O)CCC2CCNC2)n1. The zero-order valence-corrected chi connectivity index (χ0v) is 10.3. The minimum atomic E-state index is 0.0845. The van der Waals surface area contributed by atoms with Crippen molar-refractivity contribution in [3.05, 3.63) is 11.1 Å². The number of hydrogen-bond donors (Lipinski definition) is 2. The van der Waals surface area contributed by atoms with Crippen LogP contribution in [0.5, 0.6) is 0 Å². The molecule has 1 aliphatic heterocycles. The van der Waals surface area contributed by atoms with Gasteiger partial charge in [-0.2, -0.15) is 0 Å². The second-order valence-corrected chi connectivity index (χ2v) is 5.10. The number of nitrogens with one attached hydrogen (secondary N) is 2. The summed E-state index contributed by atoms with van der Waals surface area (Å²) in [5.74, 6) is 0.755. The molecule has 2 heterocycles. The van der Waals surface area contributed by atoms with Crippen molar-refractivity contribution in [3.8, 4) is 0 Å². The molecular weight excluding hydrogens is 222 g/mol. The summed E-state index contributed by atoms with van der Waals surface area (Å²) in [6.07, 6.45) is 2.78. The molecule has 0 radical (unpaired) electrons. The van der Waals surface area contributed by atoms with E-state index in [1.807, 2.05) is 12.3 Å². The monoisotopic (exact) mass is 239 g/mol. The maximum atomic E-state index is 11.6. The number of aromatic nitrogens is 1. The van der Waals surface area contributed by atoms with Crippen LogP contribution in [-0.4, -0.2) is 24.0 Å². The lowest BCUT2D eigenvalue weighted by Crippen LogP contribution is -2.14. The lowest BCUT2D eigenvalue weighted by molar-refractivity contribution is -0.116. The number of carbonyl (C=O) groups excluding carboxylic acids is 1. The van der Waals surface area contributed by atoms with Crippen LogP contribution in [0.25, 0.3) is 0 Å². The van der Waals surface area contributed by atoms with Gasteiger partial charge in [-0.25, -0.2) is 4.98 Å². The summed E-state index contributed by atoms with van der Waals surface area (Å²) in [5.41, 5.74) is 0.959. The molecule has 1 aromatic rings. The lowest BCUT2D eigenvalue weighted by Gasteiger charge is -2.06.